The van der Waals surface area contributed by atoms with E-state index in [9.17, 15) is 0 Å². The molecular formula is C40H29N3. The molecule has 1 aliphatic rings. The zero-order valence-electron chi connectivity index (χ0n) is 24.1. The predicted molar refractivity (Wildman–Crippen MR) is 178 cm³/mol. The van der Waals surface area contributed by atoms with E-state index in [1.165, 1.54) is 44.1 Å². The van der Waals surface area contributed by atoms with Gasteiger partial charge in [-0.05, 0) is 89.0 Å². The molecule has 0 radical (unpaired) electrons. The average Bonchev–Trinajstić information content (AvgIpc) is 3.67. The zero-order valence-corrected chi connectivity index (χ0v) is 24.1. The molecule has 0 atom stereocenters. The first kappa shape index (κ1) is 24.2. The Morgan fingerprint density at radius 3 is 2.00 bits per heavy atom. The fraction of sp³-hybridized carbons (Fsp3) is 0.0750. The Labute approximate surface area is 250 Å². The van der Waals surface area contributed by atoms with Crippen LogP contribution in [0.1, 0.15) is 25.0 Å². The van der Waals surface area contributed by atoms with Crippen molar-refractivity contribution in [3.63, 3.8) is 0 Å². The van der Waals surface area contributed by atoms with E-state index in [1.807, 2.05) is 0 Å². The predicted octanol–water partition coefficient (Wildman–Crippen LogP) is 10.1. The Hall–Kier alpha value is -5.41. The quantitative estimate of drug-likeness (QED) is 0.214. The fourth-order valence-electron chi connectivity index (χ4n) is 7.26. The third-order valence-electron chi connectivity index (χ3n) is 9.33. The molecule has 3 heteroatoms. The summed E-state index contributed by atoms with van der Waals surface area (Å²) < 4.78 is 4.68. The molecule has 1 aliphatic carbocycles. The number of benzene rings is 6. The van der Waals surface area contributed by atoms with Crippen molar-refractivity contribution in [1.29, 1.82) is 0 Å². The summed E-state index contributed by atoms with van der Waals surface area (Å²) in [7, 11) is 0. The van der Waals surface area contributed by atoms with Crippen LogP contribution < -0.4 is 0 Å². The molecule has 0 saturated carbocycles. The van der Waals surface area contributed by atoms with Crippen molar-refractivity contribution < 1.29 is 0 Å². The number of hydrogen-bond acceptors (Lipinski definition) is 1. The number of imidazole rings is 1. The highest BCUT2D eigenvalue weighted by molar-refractivity contribution is 6.11. The van der Waals surface area contributed by atoms with E-state index in [4.69, 9.17) is 4.98 Å². The van der Waals surface area contributed by atoms with Gasteiger partial charge in [-0.25, -0.2) is 4.98 Å². The largest absolute Gasteiger partial charge is 0.309 e. The van der Waals surface area contributed by atoms with E-state index in [1.54, 1.807) is 0 Å². The van der Waals surface area contributed by atoms with Crippen LogP contribution in [0.3, 0.4) is 0 Å². The Balaban J connectivity index is 1.25. The van der Waals surface area contributed by atoms with Crippen LogP contribution in [0.5, 0.6) is 0 Å². The van der Waals surface area contributed by atoms with Crippen molar-refractivity contribution in [2.45, 2.75) is 19.3 Å². The lowest BCUT2D eigenvalue weighted by Crippen LogP contribution is -2.14. The molecule has 0 unspecified atom stereocenters. The minimum absolute atomic E-state index is 0.0326. The van der Waals surface area contributed by atoms with Gasteiger partial charge in [0.25, 0.3) is 0 Å². The molecule has 3 nitrogen and oxygen atoms in total. The highest BCUT2D eigenvalue weighted by Gasteiger charge is 2.36. The van der Waals surface area contributed by atoms with Crippen molar-refractivity contribution in [1.82, 2.24) is 14.1 Å². The monoisotopic (exact) mass is 551 g/mol. The standard InChI is InChI=1S/C40H29N3/c1-40(2)33-16-8-6-14-29(33)31-25-38-32(24-34(31)40)30-15-7-10-18-36(30)42(38)28-22-20-26(21-23-28)39-41-35-17-9-11-19-37(35)43(39)27-12-4-3-5-13-27/h3-25H,1-2H3. The Bertz CT molecular complexity index is 2350. The molecule has 0 fully saturated rings. The Kier molecular flexibility index (Phi) is 4.95. The van der Waals surface area contributed by atoms with Crippen molar-refractivity contribution in [2.24, 2.45) is 0 Å². The first-order valence-corrected chi connectivity index (χ1v) is 14.9. The van der Waals surface area contributed by atoms with Gasteiger partial charge in [0.1, 0.15) is 5.82 Å². The second-order valence-corrected chi connectivity index (χ2v) is 12.1. The summed E-state index contributed by atoms with van der Waals surface area (Å²) in [6.45, 7) is 4.70. The van der Waals surface area contributed by atoms with E-state index < -0.39 is 0 Å². The molecular weight excluding hydrogens is 522 g/mol. The van der Waals surface area contributed by atoms with Gasteiger partial charge >= 0.3 is 0 Å². The van der Waals surface area contributed by atoms with E-state index >= 15 is 0 Å². The molecule has 0 saturated heterocycles. The zero-order chi connectivity index (χ0) is 28.7. The van der Waals surface area contributed by atoms with Crippen molar-refractivity contribution >= 4 is 32.8 Å². The van der Waals surface area contributed by atoms with Gasteiger partial charge in [0.05, 0.1) is 22.1 Å². The van der Waals surface area contributed by atoms with Gasteiger partial charge in [0.15, 0.2) is 0 Å². The number of nitrogens with zero attached hydrogens (tertiary/aromatic N) is 3. The topological polar surface area (TPSA) is 22.8 Å². The second-order valence-electron chi connectivity index (χ2n) is 12.1. The molecule has 9 rings (SSSR count). The first-order valence-electron chi connectivity index (χ1n) is 14.9. The van der Waals surface area contributed by atoms with E-state index in [2.05, 4.69) is 163 Å². The van der Waals surface area contributed by atoms with Crippen molar-refractivity contribution in [3.05, 3.63) is 151 Å². The van der Waals surface area contributed by atoms with Crippen molar-refractivity contribution in [3.8, 4) is 33.9 Å². The highest BCUT2D eigenvalue weighted by atomic mass is 15.1. The summed E-state index contributed by atoms with van der Waals surface area (Å²) >= 11 is 0. The number of fused-ring (bicyclic) bond motifs is 7. The van der Waals surface area contributed by atoms with Gasteiger partial charge in [0, 0.05) is 33.1 Å². The summed E-state index contributed by atoms with van der Waals surface area (Å²) in [5.74, 6) is 0.942. The molecule has 0 N–H and O–H groups in total. The molecule has 2 heterocycles. The third-order valence-corrected chi connectivity index (χ3v) is 9.33. The summed E-state index contributed by atoms with van der Waals surface area (Å²) in [5, 5.41) is 2.58. The van der Waals surface area contributed by atoms with Crippen LogP contribution in [0.25, 0.3) is 66.7 Å². The third kappa shape index (κ3) is 3.39. The molecule has 43 heavy (non-hydrogen) atoms. The lowest BCUT2D eigenvalue weighted by Gasteiger charge is -2.21. The summed E-state index contributed by atoms with van der Waals surface area (Å²) in [5.41, 5.74) is 13.3. The number of rotatable bonds is 3. The van der Waals surface area contributed by atoms with Crippen LogP contribution >= 0.6 is 0 Å². The molecule has 2 aromatic heterocycles. The van der Waals surface area contributed by atoms with Gasteiger partial charge in [-0.2, -0.15) is 0 Å². The number of hydrogen-bond donors (Lipinski definition) is 0. The molecule has 6 aromatic carbocycles. The minimum atomic E-state index is -0.0326. The molecule has 0 amide bonds. The average molecular weight is 552 g/mol. The number of aromatic nitrogens is 3. The summed E-state index contributed by atoms with van der Waals surface area (Å²) in [6, 6.07) is 50.3. The van der Waals surface area contributed by atoms with E-state index in [0.717, 1.165) is 33.8 Å². The van der Waals surface area contributed by atoms with Gasteiger partial charge in [-0.3, -0.25) is 4.57 Å². The van der Waals surface area contributed by atoms with Gasteiger partial charge in [-0.15, -0.1) is 0 Å². The summed E-state index contributed by atoms with van der Waals surface area (Å²) in [6.07, 6.45) is 0. The lowest BCUT2D eigenvalue weighted by atomic mass is 9.82. The molecule has 0 bridgehead atoms. The smallest absolute Gasteiger partial charge is 0.145 e. The van der Waals surface area contributed by atoms with Crippen LogP contribution in [0.4, 0.5) is 0 Å². The van der Waals surface area contributed by atoms with Crippen LogP contribution in [0, 0.1) is 0 Å². The van der Waals surface area contributed by atoms with Gasteiger partial charge in [0.2, 0.25) is 0 Å². The number of para-hydroxylation sites is 4. The molecule has 0 spiro atoms. The normalized spacial score (nSPS) is 13.5. The van der Waals surface area contributed by atoms with Crippen molar-refractivity contribution in [2.75, 3.05) is 0 Å². The van der Waals surface area contributed by atoms with Crippen LogP contribution in [0.2, 0.25) is 0 Å². The first-order chi connectivity index (χ1) is 21.1. The molecule has 204 valence electrons. The lowest BCUT2D eigenvalue weighted by molar-refractivity contribution is 0.661. The fourth-order valence-corrected chi connectivity index (χ4v) is 7.26. The molecule has 8 aromatic rings. The SMILES string of the molecule is CC1(C)c2ccccc2-c2cc3c(cc21)c1ccccc1n3-c1ccc(-c2nc3ccccc3n2-c2ccccc2)cc1. The maximum Gasteiger partial charge on any atom is 0.145 e. The second kappa shape index (κ2) is 8.80. The Morgan fingerprint density at radius 2 is 1.16 bits per heavy atom. The minimum Gasteiger partial charge on any atom is -0.309 e. The van der Waals surface area contributed by atoms with Crippen LogP contribution in [-0.4, -0.2) is 14.1 Å². The maximum absolute atomic E-state index is 5.08. The summed E-state index contributed by atoms with van der Waals surface area (Å²) in [4.78, 5) is 5.08. The molecule has 0 aliphatic heterocycles. The van der Waals surface area contributed by atoms with Crippen LogP contribution in [-0.2, 0) is 5.41 Å². The highest BCUT2D eigenvalue weighted by Crippen LogP contribution is 2.51. The van der Waals surface area contributed by atoms with Gasteiger partial charge < -0.3 is 4.57 Å². The van der Waals surface area contributed by atoms with Crippen LogP contribution in [0.15, 0.2) is 140 Å². The maximum atomic E-state index is 5.08. The Morgan fingerprint density at radius 1 is 0.488 bits per heavy atom. The van der Waals surface area contributed by atoms with E-state index in [0.29, 0.717) is 0 Å². The van der Waals surface area contributed by atoms with E-state index in [-0.39, 0.29) is 5.41 Å². The van der Waals surface area contributed by atoms with Gasteiger partial charge in [-0.1, -0.05) is 86.6 Å².